The van der Waals surface area contributed by atoms with Crippen LogP contribution < -0.4 is 4.90 Å². The summed E-state index contributed by atoms with van der Waals surface area (Å²) in [5, 5.41) is -0.130. The normalized spacial score (nSPS) is 14.3. The highest BCUT2D eigenvalue weighted by Gasteiger charge is 2.37. The molecule has 0 amide bonds. The highest BCUT2D eigenvalue weighted by molar-refractivity contribution is 6.30. The predicted molar refractivity (Wildman–Crippen MR) is 88.3 cm³/mol. The number of rotatable bonds is 3. The van der Waals surface area contributed by atoms with Crippen molar-refractivity contribution in [3.05, 3.63) is 64.5 Å². The molecule has 0 fully saturated rings. The Morgan fingerprint density at radius 2 is 1.73 bits per heavy atom. The van der Waals surface area contributed by atoms with Crippen molar-refractivity contribution in [1.29, 1.82) is 0 Å². The first-order chi connectivity index (χ1) is 12.2. The van der Waals surface area contributed by atoms with Crippen molar-refractivity contribution in [3.8, 4) is 0 Å². The first kappa shape index (κ1) is 19.6. The highest BCUT2D eigenvalue weighted by atomic mass is 35.5. The van der Waals surface area contributed by atoms with E-state index in [4.69, 9.17) is 11.6 Å². The SMILES string of the molecule is COC(=O)C1=C(C(=O)OC)N(c2ccc(Cl)cc2C(F)(F)F)C=CC=C1. The number of allylic oxidation sites excluding steroid dienone is 2. The number of hydrogen-bond acceptors (Lipinski definition) is 5. The number of halogens is 4. The Morgan fingerprint density at radius 3 is 2.31 bits per heavy atom. The average molecular weight is 388 g/mol. The van der Waals surface area contributed by atoms with Gasteiger partial charge in [0.25, 0.3) is 0 Å². The summed E-state index contributed by atoms with van der Waals surface area (Å²) in [7, 11) is 2.14. The number of alkyl halides is 3. The van der Waals surface area contributed by atoms with E-state index in [0.717, 1.165) is 31.3 Å². The average Bonchev–Trinajstić information content (AvgIpc) is 2.82. The Kier molecular flexibility index (Phi) is 5.76. The van der Waals surface area contributed by atoms with E-state index in [9.17, 15) is 22.8 Å². The van der Waals surface area contributed by atoms with Gasteiger partial charge in [-0.25, -0.2) is 9.59 Å². The predicted octanol–water partition coefficient (Wildman–Crippen LogP) is 3.85. The summed E-state index contributed by atoms with van der Waals surface area (Å²) >= 11 is 5.70. The Bertz CT molecular complexity index is 828. The third-order valence-electron chi connectivity index (χ3n) is 3.41. The van der Waals surface area contributed by atoms with Gasteiger partial charge in [-0.3, -0.25) is 0 Å². The van der Waals surface area contributed by atoms with Crippen LogP contribution in [0.4, 0.5) is 18.9 Å². The van der Waals surface area contributed by atoms with Crippen LogP contribution in [0.15, 0.2) is 53.9 Å². The number of nitrogens with zero attached hydrogens (tertiary/aromatic N) is 1. The Morgan fingerprint density at radius 1 is 1.08 bits per heavy atom. The van der Waals surface area contributed by atoms with Crippen molar-refractivity contribution in [2.24, 2.45) is 0 Å². The Hall–Kier alpha value is -2.74. The summed E-state index contributed by atoms with van der Waals surface area (Å²) in [5.41, 5.74) is -2.16. The number of carbonyl (C=O) groups is 2. The smallest absolute Gasteiger partial charge is 0.418 e. The van der Waals surface area contributed by atoms with Gasteiger partial charge in [0.1, 0.15) is 5.70 Å². The lowest BCUT2D eigenvalue weighted by Crippen LogP contribution is -2.28. The molecule has 0 atom stereocenters. The molecule has 138 valence electrons. The second-order valence-corrected chi connectivity index (χ2v) is 5.41. The van der Waals surface area contributed by atoms with E-state index < -0.39 is 35.1 Å². The topological polar surface area (TPSA) is 55.8 Å². The maximum absolute atomic E-state index is 13.5. The monoisotopic (exact) mass is 387 g/mol. The van der Waals surface area contributed by atoms with Gasteiger partial charge in [-0.05, 0) is 30.4 Å². The van der Waals surface area contributed by atoms with Crippen molar-refractivity contribution in [1.82, 2.24) is 0 Å². The zero-order chi connectivity index (χ0) is 19.5. The second-order valence-electron chi connectivity index (χ2n) is 4.98. The van der Waals surface area contributed by atoms with Gasteiger partial charge in [0, 0.05) is 11.2 Å². The van der Waals surface area contributed by atoms with Gasteiger partial charge in [-0.15, -0.1) is 0 Å². The van der Waals surface area contributed by atoms with Crippen LogP contribution in [0.1, 0.15) is 5.56 Å². The molecule has 2 rings (SSSR count). The molecule has 0 N–H and O–H groups in total. The molecule has 1 aliphatic rings. The molecule has 5 nitrogen and oxygen atoms in total. The summed E-state index contributed by atoms with van der Waals surface area (Å²) in [5.74, 6) is -1.91. The number of esters is 2. The van der Waals surface area contributed by atoms with Gasteiger partial charge in [-0.1, -0.05) is 17.7 Å². The maximum Gasteiger partial charge on any atom is 0.418 e. The number of anilines is 1. The van der Waals surface area contributed by atoms with Crippen molar-refractivity contribution < 1.29 is 32.2 Å². The molecule has 1 aliphatic heterocycles. The van der Waals surface area contributed by atoms with Crippen LogP contribution in [0.3, 0.4) is 0 Å². The molecule has 0 aliphatic carbocycles. The summed E-state index contributed by atoms with van der Waals surface area (Å²) in [6, 6.07) is 3.07. The summed E-state index contributed by atoms with van der Waals surface area (Å²) in [4.78, 5) is 25.2. The lowest BCUT2D eigenvalue weighted by molar-refractivity contribution is -0.139. The minimum absolute atomic E-state index is 0.130. The molecule has 0 unspecified atom stereocenters. The Labute approximate surface area is 151 Å². The summed E-state index contributed by atoms with van der Waals surface area (Å²) in [6.45, 7) is 0. The molecule has 9 heteroatoms. The molecule has 0 saturated carbocycles. The zero-order valence-corrected chi connectivity index (χ0v) is 14.4. The van der Waals surface area contributed by atoms with E-state index in [0.29, 0.717) is 0 Å². The Balaban J connectivity index is 2.78. The molecule has 26 heavy (non-hydrogen) atoms. The van der Waals surface area contributed by atoms with E-state index in [1.165, 1.54) is 30.5 Å². The van der Waals surface area contributed by atoms with Crippen molar-refractivity contribution in [3.63, 3.8) is 0 Å². The quantitative estimate of drug-likeness (QED) is 0.737. The van der Waals surface area contributed by atoms with Gasteiger partial charge >= 0.3 is 18.1 Å². The van der Waals surface area contributed by atoms with Crippen LogP contribution in [-0.4, -0.2) is 26.2 Å². The number of hydrogen-bond donors (Lipinski definition) is 0. The fraction of sp³-hybridized carbons (Fsp3) is 0.176. The number of methoxy groups -OCH3 is 2. The lowest BCUT2D eigenvalue weighted by Gasteiger charge is -2.26. The number of ether oxygens (including phenoxy) is 2. The van der Waals surface area contributed by atoms with Crippen molar-refractivity contribution >= 4 is 29.2 Å². The van der Waals surface area contributed by atoms with Gasteiger partial charge in [0.05, 0.1) is 31.0 Å². The van der Waals surface area contributed by atoms with Gasteiger partial charge in [0.2, 0.25) is 0 Å². The summed E-state index contributed by atoms with van der Waals surface area (Å²) in [6.07, 6.45) is 0.460. The van der Waals surface area contributed by atoms with E-state index >= 15 is 0 Å². The third kappa shape index (κ3) is 3.91. The minimum Gasteiger partial charge on any atom is -0.465 e. The summed E-state index contributed by atoms with van der Waals surface area (Å²) < 4.78 is 49.7. The van der Waals surface area contributed by atoms with Crippen LogP contribution in [0.25, 0.3) is 0 Å². The van der Waals surface area contributed by atoms with Crippen LogP contribution >= 0.6 is 11.6 Å². The highest BCUT2D eigenvalue weighted by Crippen LogP contribution is 2.40. The van der Waals surface area contributed by atoms with Crippen LogP contribution in [0.5, 0.6) is 0 Å². The zero-order valence-electron chi connectivity index (χ0n) is 13.6. The third-order valence-corrected chi connectivity index (χ3v) is 3.65. The van der Waals surface area contributed by atoms with E-state index in [1.807, 2.05) is 0 Å². The largest absolute Gasteiger partial charge is 0.465 e. The molecule has 1 aromatic carbocycles. The second kappa shape index (κ2) is 7.65. The molecule has 0 saturated heterocycles. The van der Waals surface area contributed by atoms with Crippen molar-refractivity contribution in [2.45, 2.75) is 6.18 Å². The molecule has 1 heterocycles. The van der Waals surface area contributed by atoms with Crippen LogP contribution in [0, 0.1) is 0 Å². The van der Waals surface area contributed by atoms with Gasteiger partial charge in [0.15, 0.2) is 0 Å². The fourth-order valence-electron chi connectivity index (χ4n) is 2.30. The molecule has 0 radical (unpaired) electrons. The molecule has 0 spiro atoms. The van der Waals surface area contributed by atoms with Gasteiger partial charge < -0.3 is 14.4 Å². The number of carbonyl (C=O) groups excluding carboxylic acids is 2. The maximum atomic E-state index is 13.5. The molecule has 0 aromatic heterocycles. The van der Waals surface area contributed by atoms with Crippen LogP contribution in [0.2, 0.25) is 5.02 Å². The van der Waals surface area contributed by atoms with Crippen molar-refractivity contribution in [2.75, 3.05) is 19.1 Å². The van der Waals surface area contributed by atoms with E-state index in [2.05, 4.69) is 9.47 Å². The van der Waals surface area contributed by atoms with Gasteiger partial charge in [-0.2, -0.15) is 13.2 Å². The number of benzene rings is 1. The standard InChI is InChI=1S/C17H13ClF3NO4/c1-25-15(23)11-5-3-4-8-22(14(11)16(24)26-2)13-7-6-10(18)9-12(13)17(19,20)21/h3-9H,1-2H3. The van der Waals surface area contributed by atoms with Crippen LogP contribution in [-0.2, 0) is 25.2 Å². The van der Waals surface area contributed by atoms with E-state index in [-0.39, 0.29) is 10.6 Å². The first-order valence-corrected chi connectivity index (χ1v) is 7.50. The first-order valence-electron chi connectivity index (χ1n) is 7.12. The molecular formula is C17H13ClF3NO4. The molecule has 0 bridgehead atoms. The lowest BCUT2D eigenvalue weighted by atomic mass is 10.1. The molecular weight excluding hydrogens is 375 g/mol. The fourth-order valence-corrected chi connectivity index (χ4v) is 2.47. The van der Waals surface area contributed by atoms with E-state index in [1.54, 1.807) is 0 Å². The minimum atomic E-state index is -4.75. The molecule has 1 aromatic rings.